The number of alkyl halides is 3. The van der Waals surface area contributed by atoms with Crippen molar-refractivity contribution in [1.29, 1.82) is 5.26 Å². The number of rotatable bonds is 3. The predicted octanol–water partition coefficient (Wildman–Crippen LogP) is 6.04. The molecule has 3 rings (SSSR count). The lowest BCUT2D eigenvalue weighted by Gasteiger charge is -2.22. The van der Waals surface area contributed by atoms with E-state index in [4.69, 9.17) is 28.0 Å². The first-order valence-corrected chi connectivity index (χ1v) is 9.57. The molecule has 2 unspecified atom stereocenters. The first kappa shape index (κ1) is 19.9. The van der Waals surface area contributed by atoms with E-state index in [-0.39, 0.29) is 21.3 Å². The van der Waals surface area contributed by atoms with Gasteiger partial charge < -0.3 is 4.84 Å². The van der Waals surface area contributed by atoms with E-state index in [0.29, 0.717) is 11.1 Å². The Labute approximate surface area is 167 Å². The lowest BCUT2D eigenvalue weighted by atomic mass is 9.85. The van der Waals surface area contributed by atoms with Crippen LogP contribution in [-0.4, -0.2) is 24.2 Å². The molecule has 2 aromatic rings. The average molecular weight is 431 g/mol. The summed E-state index contributed by atoms with van der Waals surface area (Å²) in [4.78, 5) is 5.47. The highest BCUT2D eigenvalue weighted by molar-refractivity contribution is 7.98. The van der Waals surface area contributed by atoms with E-state index < -0.39 is 18.2 Å². The van der Waals surface area contributed by atoms with Crippen molar-refractivity contribution >= 4 is 40.7 Å². The van der Waals surface area contributed by atoms with Gasteiger partial charge in [0.1, 0.15) is 6.07 Å². The smallest absolute Gasteiger partial charge is 0.381 e. The molecular weight excluding hydrogens is 420 g/mol. The van der Waals surface area contributed by atoms with Crippen LogP contribution in [0, 0.1) is 11.3 Å². The highest BCUT2D eigenvalue weighted by atomic mass is 35.5. The number of hydrogen-bond acceptors (Lipinski definition) is 4. The van der Waals surface area contributed by atoms with Crippen LogP contribution in [0.25, 0.3) is 0 Å². The molecule has 0 spiro atoms. The molecule has 0 aromatic heterocycles. The quantitative estimate of drug-likeness (QED) is 0.557. The van der Waals surface area contributed by atoms with Crippen LogP contribution < -0.4 is 0 Å². The van der Waals surface area contributed by atoms with Crippen molar-refractivity contribution in [1.82, 2.24) is 0 Å². The number of oxime groups is 1. The summed E-state index contributed by atoms with van der Waals surface area (Å²) in [6, 6.07) is 11.1. The minimum Gasteiger partial charge on any atom is -0.381 e. The van der Waals surface area contributed by atoms with Gasteiger partial charge in [-0.25, -0.2) is 0 Å². The van der Waals surface area contributed by atoms with Gasteiger partial charge >= 0.3 is 6.18 Å². The van der Waals surface area contributed by atoms with Gasteiger partial charge in [-0.15, -0.1) is 11.8 Å². The summed E-state index contributed by atoms with van der Waals surface area (Å²) in [5.74, 6) is -1.26. The fraction of sp³-hybridized carbons (Fsp3) is 0.222. The molecule has 1 aliphatic heterocycles. The standard InChI is InChI=1S/C18H11Cl2F3N2OS/c1-27-14-3-2-9(4-11(14)8-24)16-15(17(26-25-16)18(21,22)23)10-5-12(19)7-13(20)6-10/h2-7,15,17H,1H3. The largest absolute Gasteiger partial charge is 0.429 e. The van der Waals surface area contributed by atoms with E-state index >= 15 is 0 Å². The Morgan fingerprint density at radius 2 is 1.81 bits per heavy atom. The lowest BCUT2D eigenvalue weighted by Crippen LogP contribution is -2.35. The zero-order valence-corrected chi connectivity index (χ0v) is 16.0. The highest BCUT2D eigenvalue weighted by Gasteiger charge is 2.53. The molecule has 27 heavy (non-hydrogen) atoms. The predicted molar refractivity (Wildman–Crippen MR) is 99.6 cm³/mol. The SMILES string of the molecule is CSc1ccc(C2=NOC(C(F)(F)F)C2c2cc(Cl)cc(Cl)c2)cc1C#N. The molecule has 3 nitrogen and oxygen atoms in total. The lowest BCUT2D eigenvalue weighted by molar-refractivity contribution is -0.216. The number of thioether (sulfide) groups is 1. The third-order valence-electron chi connectivity index (χ3n) is 4.04. The number of hydrogen-bond donors (Lipinski definition) is 0. The summed E-state index contributed by atoms with van der Waals surface area (Å²) in [5, 5.41) is 13.4. The highest BCUT2D eigenvalue weighted by Crippen LogP contribution is 2.42. The second-order valence-corrected chi connectivity index (χ2v) is 7.47. The molecule has 1 heterocycles. The van der Waals surface area contributed by atoms with Crippen LogP contribution in [0.2, 0.25) is 10.0 Å². The molecule has 0 radical (unpaired) electrons. The number of benzene rings is 2. The van der Waals surface area contributed by atoms with E-state index in [1.54, 1.807) is 12.1 Å². The fourth-order valence-electron chi connectivity index (χ4n) is 2.90. The van der Waals surface area contributed by atoms with Gasteiger partial charge in [0.25, 0.3) is 0 Å². The Hall–Kier alpha value is -1.88. The van der Waals surface area contributed by atoms with Gasteiger partial charge in [-0.2, -0.15) is 18.4 Å². The molecule has 0 aliphatic carbocycles. The van der Waals surface area contributed by atoms with Crippen LogP contribution in [0.1, 0.15) is 22.6 Å². The Balaban J connectivity index is 2.13. The van der Waals surface area contributed by atoms with Crippen molar-refractivity contribution in [2.75, 3.05) is 6.26 Å². The fourth-order valence-corrected chi connectivity index (χ4v) is 3.97. The van der Waals surface area contributed by atoms with Crippen molar-refractivity contribution < 1.29 is 18.0 Å². The molecule has 0 amide bonds. The molecular formula is C18H11Cl2F3N2OS. The zero-order chi connectivity index (χ0) is 19.8. The van der Waals surface area contributed by atoms with E-state index in [2.05, 4.69) is 5.16 Å². The van der Waals surface area contributed by atoms with Crippen LogP contribution >= 0.6 is 35.0 Å². The Morgan fingerprint density at radius 3 is 2.37 bits per heavy atom. The van der Waals surface area contributed by atoms with Crippen molar-refractivity contribution in [3.63, 3.8) is 0 Å². The van der Waals surface area contributed by atoms with Gasteiger partial charge in [-0.1, -0.05) is 34.4 Å². The molecule has 0 fully saturated rings. The Morgan fingerprint density at radius 1 is 1.15 bits per heavy atom. The first-order valence-electron chi connectivity index (χ1n) is 7.59. The summed E-state index contributed by atoms with van der Waals surface area (Å²) >= 11 is 13.3. The number of halogens is 5. The molecule has 0 bridgehead atoms. The summed E-state index contributed by atoms with van der Waals surface area (Å²) in [6.45, 7) is 0. The molecule has 9 heteroatoms. The van der Waals surface area contributed by atoms with Crippen LogP contribution in [0.4, 0.5) is 13.2 Å². The summed E-state index contributed by atoms with van der Waals surface area (Å²) in [7, 11) is 0. The molecule has 0 N–H and O–H groups in total. The monoisotopic (exact) mass is 430 g/mol. The molecule has 2 atom stereocenters. The van der Waals surface area contributed by atoms with E-state index in [1.165, 1.54) is 36.0 Å². The minimum atomic E-state index is -4.65. The van der Waals surface area contributed by atoms with Gasteiger partial charge in [0.2, 0.25) is 6.10 Å². The second kappa shape index (κ2) is 7.63. The third-order valence-corrected chi connectivity index (χ3v) is 5.28. The first-order chi connectivity index (χ1) is 12.7. The summed E-state index contributed by atoms with van der Waals surface area (Å²) in [6.07, 6.45) is -5.02. The maximum Gasteiger partial charge on any atom is 0.429 e. The van der Waals surface area contributed by atoms with E-state index in [1.807, 2.05) is 12.3 Å². The molecule has 1 aliphatic rings. The topological polar surface area (TPSA) is 45.4 Å². The molecule has 0 saturated carbocycles. The van der Waals surface area contributed by atoms with Crippen molar-refractivity contribution in [2.24, 2.45) is 5.16 Å². The van der Waals surface area contributed by atoms with Gasteiger partial charge in [-0.3, -0.25) is 0 Å². The van der Waals surface area contributed by atoms with Crippen molar-refractivity contribution in [2.45, 2.75) is 23.1 Å². The maximum atomic E-state index is 13.5. The molecule has 0 saturated heterocycles. The van der Waals surface area contributed by atoms with E-state index in [9.17, 15) is 18.4 Å². The Bertz CT molecular complexity index is 936. The van der Waals surface area contributed by atoms with Gasteiger partial charge in [0.15, 0.2) is 0 Å². The van der Waals surface area contributed by atoms with Crippen molar-refractivity contribution in [3.8, 4) is 6.07 Å². The third kappa shape index (κ3) is 4.03. The van der Waals surface area contributed by atoms with Crippen LogP contribution in [-0.2, 0) is 4.84 Å². The van der Waals surface area contributed by atoms with Gasteiger partial charge in [0.05, 0.1) is 17.2 Å². The summed E-state index contributed by atoms with van der Waals surface area (Å²) < 4.78 is 40.6. The normalized spacial score (nSPS) is 19.4. The molecule has 2 aromatic carbocycles. The number of nitriles is 1. The van der Waals surface area contributed by atoms with Crippen LogP contribution in [0.3, 0.4) is 0 Å². The zero-order valence-electron chi connectivity index (χ0n) is 13.7. The minimum absolute atomic E-state index is 0.0693. The van der Waals surface area contributed by atoms with Gasteiger partial charge in [-0.05, 0) is 42.2 Å². The second-order valence-electron chi connectivity index (χ2n) is 5.75. The Kier molecular flexibility index (Phi) is 5.61. The number of nitrogens with zero attached hydrogens (tertiary/aromatic N) is 2. The molecule has 140 valence electrons. The van der Waals surface area contributed by atoms with E-state index in [0.717, 1.165) is 4.90 Å². The van der Waals surface area contributed by atoms with Crippen molar-refractivity contribution in [3.05, 3.63) is 63.1 Å². The van der Waals surface area contributed by atoms with Crippen LogP contribution in [0.5, 0.6) is 0 Å². The van der Waals surface area contributed by atoms with Crippen LogP contribution in [0.15, 0.2) is 46.4 Å². The average Bonchev–Trinajstić information content (AvgIpc) is 3.05. The van der Waals surface area contributed by atoms with Gasteiger partial charge in [0, 0.05) is 20.5 Å². The maximum absolute atomic E-state index is 13.5. The summed E-state index contributed by atoms with van der Waals surface area (Å²) in [5.41, 5.74) is 1.02.